The predicted octanol–water partition coefficient (Wildman–Crippen LogP) is 5.67. The molecule has 0 radical (unpaired) electrons. The van der Waals surface area contributed by atoms with E-state index in [1.54, 1.807) is 43.3 Å². The second kappa shape index (κ2) is 12.9. The van der Waals surface area contributed by atoms with Crippen molar-refractivity contribution in [3.05, 3.63) is 94.8 Å². The molecule has 3 aromatic rings. The van der Waals surface area contributed by atoms with Gasteiger partial charge in [-0.25, -0.2) is 12.8 Å². The molecule has 0 bridgehead atoms. The first-order valence-corrected chi connectivity index (χ1v) is 15.1. The number of nitrogens with zero attached hydrogens (tertiary/aromatic N) is 2. The zero-order valence-corrected chi connectivity index (χ0v) is 25.7. The smallest absolute Gasteiger partial charge is 0.264 e. The molecule has 0 aromatic heterocycles. The van der Waals surface area contributed by atoms with E-state index in [2.05, 4.69) is 5.32 Å². The van der Waals surface area contributed by atoms with Crippen LogP contribution < -0.4 is 9.62 Å². The molecule has 3 aromatic carbocycles. The number of benzene rings is 3. The number of carbonyl (C=O) groups is 2. The summed E-state index contributed by atoms with van der Waals surface area (Å²) in [4.78, 5) is 29.0. The fraction of sp³-hybridized carbons (Fsp3) is 0.375. The van der Waals surface area contributed by atoms with Gasteiger partial charge in [0, 0.05) is 12.1 Å². The number of rotatable bonds is 10. The molecule has 220 valence electrons. The Morgan fingerprint density at radius 1 is 0.878 bits per heavy atom. The Balaban J connectivity index is 2.10. The fourth-order valence-electron chi connectivity index (χ4n) is 4.62. The zero-order chi connectivity index (χ0) is 30.5. The Hall–Kier alpha value is -3.72. The molecule has 0 saturated heterocycles. The second-order valence-electron chi connectivity index (χ2n) is 11.5. The molecule has 1 atom stereocenters. The third kappa shape index (κ3) is 8.39. The lowest BCUT2D eigenvalue weighted by Gasteiger charge is -2.35. The van der Waals surface area contributed by atoms with Crippen molar-refractivity contribution in [2.24, 2.45) is 0 Å². The highest BCUT2D eigenvalue weighted by atomic mass is 32.2. The van der Waals surface area contributed by atoms with Crippen LogP contribution in [0.2, 0.25) is 0 Å². The molecule has 0 aliphatic carbocycles. The van der Waals surface area contributed by atoms with E-state index in [1.165, 1.54) is 29.2 Å². The van der Waals surface area contributed by atoms with Gasteiger partial charge in [0.05, 0.1) is 10.6 Å². The Kier molecular flexibility index (Phi) is 9.97. The number of aryl methyl sites for hydroxylation is 3. The summed E-state index contributed by atoms with van der Waals surface area (Å²) in [5, 5.41) is 2.94. The van der Waals surface area contributed by atoms with Gasteiger partial charge in [-0.2, -0.15) is 0 Å². The normalized spacial score (nSPS) is 12.5. The summed E-state index contributed by atoms with van der Waals surface area (Å²) in [5.74, 6) is -1.33. The maximum Gasteiger partial charge on any atom is 0.264 e. The predicted molar refractivity (Wildman–Crippen MR) is 161 cm³/mol. The van der Waals surface area contributed by atoms with Gasteiger partial charge in [0.2, 0.25) is 11.8 Å². The lowest BCUT2D eigenvalue weighted by molar-refractivity contribution is -0.141. The highest BCUT2D eigenvalue weighted by molar-refractivity contribution is 7.92. The molecule has 0 unspecified atom stereocenters. The summed E-state index contributed by atoms with van der Waals surface area (Å²) in [7, 11) is -4.16. The van der Waals surface area contributed by atoms with Crippen LogP contribution in [0.4, 0.5) is 10.1 Å². The van der Waals surface area contributed by atoms with Gasteiger partial charge in [-0.05, 0) is 101 Å². The summed E-state index contributed by atoms with van der Waals surface area (Å²) in [6, 6.07) is 16.6. The highest BCUT2D eigenvalue weighted by Crippen LogP contribution is 2.27. The van der Waals surface area contributed by atoms with E-state index >= 15 is 0 Å². The molecular weight excluding hydrogens is 541 g/mol. The minimum Gasteiger partial charge on any atom is -0.350 e. The summed E-state index contributed by atoms with van der Waals surface area (Å²) in [5.41, 5.74) is 3.01. The molecule has 0 aliphatic rings. The zero-order valence-electron chi connectivity index (χ0n) is 24.9. The minimum atomic E-state index is -4.16. The molecular formula is C32H40FN3O4S. The molecule has 1 N–H and O–H groups in total. The number of anilines is 1. The van der Waals surface area contributed by atoms with Crippen LogP contribution in [0.1, 0.15) is 56.4 Å². The number of hydrogen-bond acceptors (Lipinski definition) is 4. The van der Waals surface area contributed by atoms with Crippen LogP contribution in [-0.2, 0) is 26.2 Å². The van der Waals surface area contributed by atoms with E-state index in [0.717, 1.165) is 21.0 Å². The van der Waals surface area contributed by atoms with E-state index < -0.39 is 39.9 Å². The molecule has 0 saturated carbocycles. The van der Waals surface area contributed by atoms with Crippen LogP contribution in [-0.4, -0.2) is 43.3 Å². The van der Waals surface area contributed by atoms with Gasteiger partial charge in [0.25, 0.3) is 10.0 Å². The second-order valence-corrected chi connectivity index (χ2v) is 13.3. The highest BCUT2D eigenvalue weighted by Gasteiger charge is 2.34. The Bertz CT molecular complexity index is 1460. The number of halogens is 1. The van der Waals surface area contributed by atoms with Crippen molar-refractivity contribution in [2.45, 2.75) is 77.9 Å². The maximum absolute atomic E-state index is 14.1. The Morgan fingerprint density at radius 3 is 1.95 bits per heavy atom. The van der Waals surface area contributed by atoms with E-state index in [9.17, 15) is 22.4 Å². The van der Waals surface area contributed by atoms with Gasteiger partial charge in [-0.1, -0.05) is 42.8 Å². The van der Waals surface area contributed by atoms with Crippen LogP contribution in [0, 0.1) is 26.6 Å². The summed E-state index contributed by atoms with van der Waals surface area (Å²) in [6.45, 7) is 12.4. The number of hydrogen-bond donors (Lipinski definition) is 1. The molecule has 0 heterocycles. The molecule has 41 heavy (non-hydrogen) atoms. The van der Waals surface area contributed by atoms with Gasteiger partial charge in [0.15, 0.2) is 0 Å². The molecule has 0 aliphatic heterocycles. The van der Waals surface area contributed by atoms with E-state index in [4.69, 9.17) is 0 Å². The molecule has 9 heteroatoms. The van der Waals surface area contributed by atoms with Crippen molar-refractivity contribution in [1.29, 1.82) is 0 Å². The van der Waals surface area contributed by atoms with E-state index in [1.807, 2.05) is 47.6 Å². The number of sulfonamides is 1. The first kappa shape index (κ1) is 31.8. The molecule has 0 fully saturated rings. The minimum absolute atomic E-state index is 0.000444. The monoisotopic (exact) mass is 581 g/mol. The standard InChI is InChI=1S/C32H40FN3O4S/c1-8-29(31(38)34-32(5,6)7)35(20-25-11-13-26(33)14-12-25)30(37)21-36(27-18-23(3)17-24(4)19-27)41(39,40)28-15-9-22(2)10-16-28/h9-19,29H,8,20-21H2,1-7H3,(H,34,38)/t29-/m0/s1. The largest absolute Gasteiger partial charge is 0.350 e. The molecule has 0 spiro atoms. The van der Waals surface area contributed by atoms with Crippen molar-refractivity contribution < 1.29 is 22.4 Å². The topological polar surface area (TPSA) is 86.8 Å². The van der Waals surface area contributed by atoms with Crippen molar-refractivity contribution in [2.75, 3.05) is 10.8 Å². The van der Waals surface area contributed by atoms with Gasteiger partial charge in [-0.15, -0.1) is 0 Å². The van der Waals surface area contributed by atoms with Crippen molar-refractivity contribution >= 4 is 27.5 Å². The molecule has 2 amide bonds. The average molecular weight is 582 g/mol. The van der Waals surface area contributed by atoms with Crippen LogP contribution in [0.3, 0.4) is 0 Å². The summed E-state index contributed by atoms with van der Waals surface area (Å²) < 4.78 is 42.8. The average Bonchev–Trinajstić information content (AvgIpc) is 2.86. The van der Waals surface area contributed by atoms with Gasteiger partial charge < -0.3 is 10.2 Å². The van der Waals surface area contributed by atoms with Gasteiger partial charge >= 0.3 is 0 Å². The number of carbonyl (C=O) groups excluding carboxylic acids is 2. The lowest BCUT2D eigenvalue weighted by Crippen LogP contribution is -2.55. The number of amides is 2. The van der Waals surface area contributed by atoms with Crippen LogP contribution >= 0.6 is 0 Å². The SMILES string of the molecule is CC[C@@H](C(=O)NC(C)(C)C)N(Cc1ccc(F)cc1)C(=O)CN(c1cc(C)cc(C)c1)S(=O)(=O)c1ccc(C)cc1. The maximum atomic E-state index is 14.1. The summed E-state index contributed by atoms with van der Waals surface area (Å²) >= 11 is 0. The number of nitrogens with one attached hydrogen (secondary N) is 1. The third-order valence-electron chi connectivity index (χ3n) is 6.53. The van der Waals surface area contributed by atoms with Crippen molar-refractivity contribution in [3.63, 3.8) is 0 Å². The van der Waals surface area contributed by atoms with Gasteiger partial charge in [0.1, 0.15) is 18.4 Å². The van der Waals surface area contributed by atoms with Crippen molar-refractivity contribution in [3.8, 4) is 0 Å². The van der Waals surface area contributed by atoms with Crippen molar-refractivity contribution in [1.82, 2.24) is 10.2 Å². The molecule has 3 rings (SSSR count). The third-order valence-corrected chi connectivity index (χ3v) is 8.32. The quantitative estimate of drug-likeness (QED) is 0.334. The van der Waals surface area contributed by atoms with Gasteiger partial charge in [-0.3, -0.25) is 13.9 Å². The lowest BCUT2D eigenvalue weighted by atomic mass is 10.1. The summed E-state index contributed by atoms with van der Waals surface area (Å²) in [6.07, 6.45) is 0.295. The Labute approximate surface area is 243 Å². The fourth-order valence-corrected chi connectivity index (χ4v) is 6.02. The van der Waals surface area contributed by atoms with Crippen LogP contribution in [0.5, 0.6) is 0 Å². The Morgan fingerprint density at radius 2 is 1.44 bits per heavy atom. The van der Waals surface area contributed by atoms with Crippen LogP contribution in [0.25, 0.3) is 0 Å². The van der Waals surface area contributed by atoms with E-state index in [0.29, 0.717) is 17.7 Å². The van der Waals surface area contributed by atoms with E-state index in [-0.39, 0.29) is 17.3 Å². The van der Waals surface area contributed by atoms with Crippen LogP contribution in [0.15, 0.2) is 71.6 Å². The molecule has 7 nitrogen and oxygen atoms in total. The first-order valence-electron chi connectivity index (χ1n) is 13.6. The first-order chi connectivity index (χ1) is 19.1.